The quantitative estimate of drug-likeness (QED) is 0.762. The van der Waals surface area contributed by atoms with Gasteiger partial charge in [0.25, 0.3) is 0 Å². The Balaban J connectivity index is 4.56. The van der Waals surface area contributed by atoms with Crippen LogP contribution in [0, 0.1) is 5.92 Å². The van der Waals surface area contributed by atoms with Crippen molar-refractivity contribution in [2.75, 3.05) is 0 Å². The van der Waals surface area contributed by atoms with E-state index in [-0.39, 0.29) is 0 Å². The zero-order chi connectivity index (χ0) is 13.6. The van der Waals surface area contributed by atoms with Crippen LogP contribution in [0.2, 0.25) is 0 Å². The van der Waals surface area contributed by atoms with Crippen molar-refractivity contribution in [1.82, 2.24) is 5.32 Å². The summed E-state index contributed by atoms with van der Waals surface area (Å²) in [6.45, 7) is 3.43. The molecule has 17 heavy (non-hydrogen) atoms. The topological polar surface area (TPSA) is 66.4 Å². The molecular weight excluding hydrogens is 239 g/mol. The molecule has 0 aliphatic heterocycles. The number of carboxylic acids is 1. The second kappa shape index (κ2) is 6.46. The molecule has 1 unspecified atom stereocenters. The maximum Gasteiger partial charge on any atom is 0.391 e. The van der Waals surface area contributed by atoms with Crippen LogP contribution in [-0.4, -0.2) is 29.2 Å². The summed E-state index contributed by atoms with van der Waals surface area (Å²) >= 11 is 0. The Kier molecular flexibility index (Phi) is 5.98. The van der Waals surface area contributed by atoms with Gasteiger partial charge in [-0.05, 0) is 12.8 Å². The van der Waals surface area contributed by atoms with Gasteiger partial charge in [-0.3, -0.25) is 4.79 Å². The molecule has 0 saturated carbocycles. The van der Waals surface area contributed by atoms with Crippen LogP contribution in [0.1, 0.15) is 33.1 Å². The van der Waals surface area contributed by atoms with Crippen molar-refractivity contribution in [3.05, 3.63) is 0 Å². The smallest absolute Gasteiger partial charge is 0.391 e. The first-order valence-corrected chi connectivity index (χ1v) is 5.31. The Morgan fingerprint density at radius 3 is 2.00 bits per heavy atom. The lowest BCUT2D eigenvalue weighted by molar-refractivity contribution is -0.160. The molecule has 0 spiro atoms. The van der Waals surface area contributed by atoms with Crippen LogP contribution in [0.3, 0.4) is 0 Å². The lowest BCUT2D eigenvalue weighted by Crippen LogP contribution is -2.45. The lowest BCUT2D eigenvalue weighted by Gasteiger charge is -2.19. The van der Waals surface area contributed by atoms with Gasteiger partial charge in [0.15, 0.2) is 0 Å². The number of alkyl halides is 3. The molecule has 0 fully saturated rings. The van der Waals surface area contributed by atoms with Gasteiger partial charge in [0.1, 0.15) is 6.04 Å². The summed E-state index contributed by atoms with van der Waals surface area (Å²) in [7, 11) is 0. The number of aliphatic carboxylic acids is 1. The molecule has 0 saturated heterocycles. The molecule has 0 aromatic carbocycles. The lowest BCUT2D eigenvalue weighted by atomic mass is 10.0. The molecule has 0 aliphatic carbocycles. The number of hydrogen-bond donors (Lipinski definition) is 2. The number of halogens is 3. The zero-order valence-electron chi connectivity index (χ0n) is 9.67. The van der Waals surface area contributed by atoms with Crippen molar-refractivity contribution in [1.29, 1.82) is 0 Å². The fourth-order valence-electron chi connectivity index (χ4n) is 1.38. The minimum atomic E-state index is -4.62. The molecule has 1 atom stereocenters. The van der Waals surface area contributed by atoms with Gasteiger partial charge in [-0.25, -0.2) is 4.79 Å². The fourth-order valence-corrected chi connectivity index (χ4v) is 1.38. The van der Waals surface area contributed by atoms with Crippen molar-refractivity contribution in [3.63, 3.8) is 0 Å². The fraction of sp³-hybridized carbons (Fsp3) is 0.800. The van der Waals surface area contributed by atoms with E-state index in [9.17, 15) is 22.8 Å². The van der Waals surface area contributed by atoms with Gasteiger partial charge >= 0.3 is 12.1 Å². The van der Waals surface area contributed by atoms with Gasteiger partial charge < -0.3 is 10.4 Å². The van der Waals surface area contributed by atoms with Crippen molar-refractivity contribution >= 4 is 11.9 Å². The first kappa shape index (κ1) is 15.7. The number of rotatable bonds is 6. The van der Waals surface area contributed by atoms with Gasteiger partial charge in [0, 0.05) is 5.92 Å². The summed E-state index contributed by atoms with van der Waals surface area (Å²) in [4.78, 5) is 22.1. The highest BCUT2D eigenvalue weighted by Gasteiger charge is 2.36. The standard InChI is InChI=1S/C10H16F3NO3/c1-3-6(4-2)8(15)14-7(9(16)17)5-10(11,12)13/h6-7H,3-5H2,1-2H3,(H,14,15)(H,16,17). The third-order valence-electron chi connectivity index (χ3n) is 2.41. The Bertz CT molecular complexity index is 274. The third kappa shape index (κ3) is 6.13. The Morgan fingerprint density at radius 2 is 1.71 bits per heavy atom. The number of carboxylic acid groups (broad SMARTS) is 1. The third-order valence-corrected chi connectivity index (χ3v) is 2.41. The van der Waals surface area contributed by atoms with Crippen molar-refractivity contribution < 1.29 is 27.9 Å². The van der Waals surface area contributed by atoms with E-state index in [4.69, 9.17) is 5.11 Å². The molecule has 0 aromatic rings. The van der Waals surface area contributed by atoms with Crippen LogP contribution in [0.5, 0.6) is 0 Å². The van der Waals surface area contributed by atoms with Gasteiger partial charge in [-0.2, -0.15) is 13.2 Å². The molecule has 0 heterocycles. The average molecular weight is 255 g/mol. The average Bonchev–Trinajstić information content (AvgIpc) is 2.16. The van der Waals surface area contributed by atoms with E-state index >= 15 is 0 Å². The van der Waals surface area contributed by atoms with Crippen LogP contribution >= 0.6 is 0 Å². The first-order valence-electron chi connectivity index (χ1n) is 5.31. The molecule has 7 heteroatoms. The monoisotopic (exact) mass is 255 g/mol. The minimum Gasteiger partial charge on any atom is -0.480 e. The SMILES string of the molecule is CCC(CC)C(=O)NC(CC(F)(F)F)C(=O)O. The van der Waals surface area contributed by atoms with Crippen molar-refractivity contribution in [3.8, 4) is 0 Å². The van der Waals surface area contributed by atoms with E-state index < -0.39 is 36.4 Å². The molecule has 100 valence electrons. The highest BCUT2D eigenvalue weighted by molar-refractivity contribution is 5.84. The normalized spacial score (nSPS) is 13.5. The number of amides is 1. The Morgan fingerprint density at radius 1 is 1.24 bits per heavy atom. The maximum atomic E-state index is 12.1. The van der Waals surface area contributed by atoms with E-state index in [1.54, 1.807) is 13.8 Å². The van der Waals surface area contributed by atoms with Crippen molar-refractivity contribution in [2.45, 2.75) is 45.3 Å². The summed E-state index contributed by atoms with van der Waals surface area (Å²) in [5.41, 5.74) is 0. The molecule has 4 nitrogen and oxygen atoms in total. The van der Waals surface area contributed by atoms with E-state index in [0.717, 1.165) is 0 Å². The summed E-state index contributed by atoms with van der Waals surface area (Å²) < 4.78 is 36.2. The van der Waals surface area contributed by atoms with E-state index in [1.165, 1.54) is 0 Å². The van der Waals surface area contributed by atoms with Crippen LogP contribution in [-0.2, 0) is 9.59 Å². The van der Waals surface area contributed by atoms with E-state index in [2.05, 4.69) is 0 Å². The number of carbonyl (C=O) groups is 2. The summed E-state index contributed by atoms with van der Waals surface area (Å²) in [5, 5.41) is 10.5. The number of hydrogen-bond acceptors (Lipinski definition) is 2. The zero-order valence-corrected chi connectivity index (χ0v) is 9.67. The predicted octanol–water partition coefficient (Wildman–Crippen LogP) is 1.94. The molecule has 0 bridgehead atoms. The van der Waals surface area contributed by atoms with Crippen LogP contribution in [0.15, 0.2) is 0 Å². The molecule has 0 rings (SSSR count). The second-order valence-electron chi connectivity index (χ2n) is 3.73. The minimum absolute atomic E-state index is 0.454. The summed E-state index contributed by atoms with van der Waals surface area (Å²) in [6.07, 6.45) is -5.26. The van der Waals surface area contributed by atoms with Crippen molar-refractivity contribution in [2.24, 2.45) is 5.92 Å². The number of nitrogens with one attached hydrogen (secondary N) is 1. The van der Waals surface area contributed by atoms with Crippen LogP contribution in [0.4, 0.5) is 13.2 Å². The van der Waals surface area contributed by atoms with Gasteiger partial charge in [0.2, 0.25) is 5.91 Å². The first-order chi connectivity index (χ1) is 7.71. The molecule has 2 N–H and O–H groups in total. The molecule has 0 aromatic heterocycles. The molecule has 1 amide bonds. The summed E-state index contributed by atoms with van der Waals surface area (Å²) in [6, 6.07) is -1.91. The Labute approximate surface area is 97.2 Å². The van der Waals surface area contributed by atoms with Crippen LogP contribution in [0.25, 0.3) is 0 Å². The van der Waals surface area contributed by atoms with E-state index in [1.807, 2.05) is 5.32 Å². The highest BCUT2D eigenvalue weighted by Crippen LogP contribution is 2.22. The number of carbonyl (C=O) groups excluding carboxylic acids is 1. The maximum absolute atomic E-state index is 12.1. The predicted molar refractivity (Wildman–Crippen MR) is 54.3 cm³/mol. The van der Waals surface area contributed by atoms with Gasteiger partial charge in [-0.1, -0.05) is 13.8 Å². The van der Waals surface area contributed by atoms with Gasteiger partial charge in [-0.15, -0.1) is 0 Å². The molecular formula is C10H16F3NO3. The largest absolute Gasteiger partial charge is 0.480 e. The van der Waals surface area contributed by atoms with Crippen LogP contribution < -0.4 is 5.32 Å². The molecule has 0 aliphatic rings. The second-order valence-corrected chi connectivity index (χ2v) is 3.73. The Hall–Kier alpha value is -1.27. The molecule has 0 radical (unpaired) electrons. The highest BCUT2D eigenvalue weighted by atomic mass is 19.4. The van der Waals surface area contributed by atoms with E-state index in [0.29, 0.717) is 12.8 Å². The summed E-state index contributed by atoms with van der Waals surface area (Å²) in [5.74, 6) is -2.78. The van der Waals surface area contributed by atoms with Gasteiger partial charge in [0.05, 0.1) is 6.42 Å².